The normalized spacial score (nSPS) is 14.3. The van der Waals surface area contributed by atoms with E-state index in [4.69, 9.17) is 11.6 Å². The number of anilines is 2. The summed E-state index contributed by atoms with van der Waals surface area (Å²) >= 11 is 7.42. The molecule has 4 rings (SSSR count). The van der Waals surface area contributed by atoms with E-state index in [-0.39, 0.29) is 11.8 Å². The van der Waals surface area contributed by atoms with Gasteiger partial charge in [0.25, 0.3) is 11.8 Å². The molecule has 2 amide bonds. The second-order valence-corrected chi connectivity index (χ2v) is 8.36. The molecule has 0 atom stereocenters. The molecule has 3 aromatic rings. The zero-order valence-electron chi connectivity index (χ0n) is 16.3. The Balaban J connectivity index is 1.37. The van der Waals surface area contributed by atoms with Gasteiger partial charge in [0, 0.05) is 36.8 Å². The number of pyridine rings is 1. The number of carbonyl (C=O) groups is 2. The van der Waals surface area contributed by atoms with E-state index < -0.39 is 0 Å². The number of hydrogen-bond acceptors (Lipinski definition) is 5. The molecule has 1 aliphatic rings. The van der Waals surface area contributed by atoms with E-state index in [2.05, 4.69) is 15.2 Å². The van der Waals surface area contributed by atoms with Crippen molar-refractivity contribution in [3.63, 3.8) is 0 Å². The molecule has 6 nitrogen and oxygen atoms in total. The lowest BCUT2D eigenvalue weighted by atomic mass is 10.2. The lowest BCUT2D eigenvalue weighted by molar-refractivity contribution is 0.0767. The molecule has 1 fully saturated rings. The van der Waals surface area contributed by atoms with Crippen LogP contribution in [0.15, 0.2) is 60.1 Å². The predicted molar refractivity (Wildman–Crippen MR) is 121 cm³/mol. The molecule has 1 saturated heterocycles. The first-order valence-electron chi connectivity index (χ1n) is 9.71. The molecule has 0 radical (unpaired) electrons. The van der Waals surface area contributed by atoms with E-state index in [0.717, 1.165) is 18.8 Å². The van der Waals surface area contributed by atoms with Gasteiger partial charge in [0.15, 0.2) is 0 Å². The number of nitrogens with zero attached hydrogens (tertiary/aromatic N) is 3. The van der Waals surface area contributed by atoms with E-state index in [0.29, 0.717) is 40.8 Å². The lowest BCUT2D eigenvalue weighted by Crippen LogP contribution is -2.35. The highest BCUT2D eigenvalue weighted by Crippen LogP contribution is 2.19. The molecule has 1 aliphatic heterocycles. The third kappa shape index (κ3) is 4.80. The molecule has 0 unspecified atom stereocenters. The summed E-state index contributed by atoms with van der Waals surface area (Å²) in [7, 11) is 0. The van der Waals surface area contributed by atoms with Crippen LogP contribution in [0.1, 0.15) is 26.5 Å². The van der Waals surface area contributed by atoms with Crippen LogP contribution in [0.2, 0.25) is 5.02 Å². The molecule has 154 valence electrons. The Kier molecular flexibility index (Phi) is 6.30. The van der Waals surface area contributed by atoms with Crippen molar-refractivity contribution in [2.45, 2.75) is 6.42 Å². The quantitative estimate of drug-likeness (QED) is 0.653. The molecule has 1 N–H and O–H groups in total. The van der Waals surface area contributed by atoms with Gasteiger partial charge in [0.2, 0.25) is 0 Å². The first-order chi connectivity index (χ1) is 14.6. The van der Waals surface area contributed by atoms with Crippen LogP contribution in [0.5, 0.6) is 0 Å². The number of amides is 2. The van der Waals surface area contributed by atoms with Crippen LogP contribution < -0.4 is 10.2 Å². The Bertz CT molecular complexity index is 1020. The standard InChI is InChI=1S/C22H21ClN4O2S/c23-17-5-1-4-16(14-17)22(29)27-10-3-9-26(11-12-27)20-8-7-18(15-24-20)25-21(28)19-6-2-13-30-19/h1-2,4-8,13-15H,3,9-12H2,(H,25,28). The van der Waals surface area contributed by atoms with Gasteiger partial charge in [-0.05, 0) is 48.2 Å². The monoisotopic (exact) mass is 440 g/mol. The van der Waals surface area contributed by atoms with E-state index in [1.165, 1.54) is 11.3 Å². The van der Waals surface area contributed by atoms with Gasteiger partial charge in [-0.25, -0.2) is 4.98 Å². The van der Waals surface area contributed by atoms with Crippen LogP contribution in [0, 0.1) is 0 Å². The Morgan fingerprint density at radius 3 is 2.67 bits per heavy atom. The molecule has 30 heavy (non-hydrogen) atoms. The molecule has 0 spiro atoms. The van der Waals surface area contributed by atoms with Crippen molar-refractivity contribution in [2.75, 3.05) is 36.4 Å². The van der Waals surface area contributed by atoms with Gasteiger partial charge >= 0.3 is 0 Å². The summed E-state index contributed by atoms with van der Waals surface area (Å²) in [4.78, 5) is 34.1. The molecule has 3 heterocycles. The zero-order chi connectivity index (χ0) is 20.9. The molecule has 0 bridgehead atoms. The maximum atomic E-state index is 12.8. The van der Waals surface area contributed by atoms with Crippen LogP contribution in [-0.4, -0.2) is 47.9 Å². The van der Waals surface area contributed by atoms with Gasteiger partial charge in [0.1, 0.15) is 5.82 Å². The van der Waals surface area contributed by atoms with Gasteiger partial charge in [-0.3, -0.25) is 9.59 Å². The number of aromatic nitrogens is 1. The van der Waals surface area contributed by atoms with Gasteiger partial charge in [-0.2, -0.15) is 0 Å². The topological polar surface area (TPSA) is 65.5 Å². The molecule has 0 aliphatic carbocycles. The smallest absolute Gasteiger partial charge is 0.265 e. The number of nitrogens with one attached hydrogen (secondary N) is 1. The fraction of sp³-hybridized carbons (Fsp3) is 0.227. The van der Waals surface area contributed by atoms with Crippen LogP contribution in [0.25, 0.3) is 0 Å². The largest absolute Gasteiger partial charge is 0.355 e. The highest BCUT2D eigenvalue weighted by molar-refractivity contribution is 7.12. The Hall–Kier alpha value is -2.90. The Labute approximate surface area is 184 Å². The highest BCUT2D eigenvalue weighted by atomic mass is 35.5. The Morgan fingerprint density at radius 2 is 1.93 bits per heavy atom. The van der Waals surface area contributed by atoms with E-state index in [9.17, 15) is 9.59 Å². The summed E-state index contributed by atoms with van der Waals surface area (Å²) in [6, 6.07) is 14.4. The minimum Gasteiger partial charge on any atom is -0.355 e. The summed E-state index contributed by atoms with van der Waals surface area (Å²) in [6.07, 6.45) is 2.52. The maximum Gasteiger partial charge on any atom is 0.265 e. The second-order valence-electron chi connectivity index (χ2n) is 6.98. The number of benzene rings is 1. The van der Waals surface area contributed by atoms with Crippen LogP contribution >= 0.6 is 22.9 Å². The molecular formula is C22H21ClN4O2S. The molecule has 0 saturated carbocycles. The van der Waals surface area contributed by atoms with Crippen molar-refractivity contribution in [3.8, 4) is 0 Å². The summed E-state index contributed by atoms with van der Waals surface area (Å²) in [5.41, 5.74) is 1.27. The minimum absolute atomic E-state index is 0.000975. The molecule has 8 heteroatoms. The van der Waals surface area contributed by atoms with Crippen molar-refractivity contribution in [3.05, 3.63) is 75.6 Å². The fourth-order valence-electron chi connectivity index (χ4n) is 3.40. The van der Waals surface area contributed by atoms with Gasteiger partial charge in [-0.15, -0.1) is 11.3 Å². The van der Waals surface area contributed by atoms with Crippen molar-refractivity contribution < 1.29 is 9.59 Å². The van der Waals surface area contributed by atoms with Crippen molar-refractivity contribution >= 4 is 46.3 Å². The number of carbonyl (C=O) groups excluding carboxylic acids is 2. The third-order valence-electron chi connectivity index (χ3n) is 4.93. The second kappa shape index (κ2) is 9.28. The molecular weight excluding hydrogens is 420 g/mol. The van der Waals surface area contributed by atoms with Gasteiger partial charge in [0.05, 0.1) is 16.8 Å². The van der Waals surface area contributed by atoms with Gasteiger partial charge < -0.3 is 15.1 Å². The molecule has 2 aromatic heterocycles. The van der Waals surface area contributed by atoms with E-state index in [1.54, 1.807) is 36.5 Å². The lowest BCUT2D eigenvalue weighted by Gasteiger charge is -2.23. The van der Waals surface area contributed by atoms with Crippen molar-refractivity contribution in [2.24, 2.45) is 0 Å². The average molecular weight is 441 g/mol. The highest BCUT2D eigenvalue weighted by Gasteiger charge is 2.21. The summed E-state index contributed by atoms with van der Waals surface area (Å²) < 4.78 is 0. The molecule has 1 aromatic carbocycles. The Morgan fingerprint density at radius 1 is 1.03 bits per heavy atom. The SMILES string of the molecule is O=C(Nc1ccc(N2CCCN(C(=O)c3cccc(Cl)c3)CC2)nc1)c1cccs1. The number of halogens is 1. The predicted octanol–water partition coefficient (Wildman–Crippen LogP) is 4.40. The summed E-state index contributed by atoms with van der Waals surface area (Å²) in [5.74, 6) is 0.699. The number of hydrogen-bond donors (Lipinski definition) is 1. The van der Waals surface area contributed by atoms with E-state index >= 15 is 0 Å². The first-order valence-corrected chi connectivity index (χ1v) is 11.0. The third-order valence-corrected chi connectivity index (χ3v) is 6.03. The maximum absolute atomic E-state index is 12.8. The van der Waals surface area contributed by atoms with Crippen molar-refractivity contribution in [1.82, 2.24) is 9.88 Å². The fourth-order valence-corrected chi connectivity index (χ4v) is 4.21. The van der Waals surface area contributed by atoms with Crippen LogP contribution in [-0.2, 0) is 0 Å². The number of rotatable bonds is 4. The van der Waals surface area contributed by atoms with Crippen molar-refractivity contribution in [1.29, 1.82) is 0 Å². The summed E-state index contributed by atoms with van der Waals surface area (Å²) in [5, 5.41) is 5.29. The summed E-state index contributed by atoms with van der Waals surface area (Å²) in [6.45, 7) is 2.81. The van der Waals surface area contributed by atoms with Crippen LogP contribution in [0.4, 0.5) is 11.5 Å². The zero-order valence-corrected chi connectivity index (χ0v) is 17.8. The first kappa shape index (κ1) is 20.4. The van der Waals surface area contributed by atoms with Crippen LogP contribution in [0.3, 0.4) is 0 Å². The minimum atomic E-state index is -0.135. The van der Waals surface area contributed by atoms with Gasteiger partial charge in [-0.1, -0.05) is 23.7 Å². The van der Waals surface area contributed by atoms with E-state index in [1.807, 2.05) is 28.5 Å². The number of thiophene rings is 1. The average Bonchev–Trinajstić information content (AvgIpc) is 3.19.